The molecule has 0 radical (unpaired) electrons. The number of benzene rings is 2. The van der Waals surface area contributed by atoms with E-state index in [1.165, 1.54) is 18.2 Å². The van der Waals surface area contributed by atoms with Gasteiger partial charge in [-0.25, -0.2) is 4.39 Å². The summed E-state index contributed by atoms with van der Waals surface area (Å²) in [5.74, 6) is -1.15. The molecule has 0 unspecified atom stereocenters. The van der Waals surface area contributed by atoms with E-state index in [-0.39, 0.29) is 18.9 Å². The third kappa shape index (κ3) is 5.92. The highest BCUT2D eigenvalue weighted by molar-refractivity contribution is 5.92. The lowest BCUT2D eigenvalue weighted by atomic mass is 10.2. The first-order chi connectivity index (χ1) is 12.1. The normalized spacial score (nSPS) is 10.2. The Kier molecular flexibility index (Phi) is 6.43. The van der Waals surface area contributed by atoms with Crippen LogP contribution in [0.15, 0.2) is 54.6 Å². The molecule has 2 aromatic rings. The van der Waals surface area contributed by atoms with Crippen molar-refractivity contribution in [2.75, 3.05) is 5.32 Å². The number of nitrogens with one attached hydrogen (secondary N) is 2. The quantitative estimate of drug-likeness (QED) is 0.795. The number of hydrogen-bond donors (Lipinski definition) is 2. The van der Waals surface area contributed by atoms with Crippen molar-refractivity contribution in [2.45, 2.75) is 13.0 Å². The minimum atomic E-state index is -0.396. The van der Waals surface area contributed by atoms with Crippen molar-refractivity contribution in [1.82, 2.24) is 5.32 Å². The SMILES string of the molecule is N#CCC(=O)Nc1cccc(CNC(=O)/C=C/c2ccccc2F)c1. The Hall–Kier alpha value is -3.46. The fourth-order valence-corrected chi connectivity index (χ4v) is 2.06. The summed E-state index contributed by atoms with van der Waals surface area (Å²) in [6.07, 6.45) is 2.45. The van der Waals surface area contributed by atoms with Gasteiger partial charge in [-0.3, -0.25) is 9.59 Å². The lowest BCUT2D eigenvalue weighted by Gasteiger charge is -2.07. The number of nitriles is 1. The van der Waals surface area contributed by atoms with Gasteiger partial charge in [0.1, 0.15) is 12.2 Å². The van der Waals surface area contributed by atoms with Crippen LogP contribution in [0, 0.1) is 17.1 Å². The maximum Gasteiger partial charge on any atom is 0.244 e. The first-order valence-corrected chi connectivity index (χ1v) is 7.54. The Labute approximate surface area is 144 Å². The molecule has 0 aliphatic carbocycles. The molecular formula is C19H16FN3O2. The second-order valence-electron chi connectivity index (χ2n) is 5.16. The van der Waals surface area contributed by atoms with Crippen LogP contribution < -0.4 is 10.6 Å². The van der Waals surface area contributed by atoms with Crippen LogP contribution in [0.1, 0.15) is 17.5 Å². The van der Waals surface area contributed by atoms with Crippen molar-refractivity contribution < 1.29 is 14.0 Å². The Morgan fingerprint density at radius 2 is 1.96 bits per heavy atom. The van der Waals surface area contributed by atoms with Gasteiger partial charge in [-0.05, 0) is 29.8 Å². The second kappa shape index (κ2) is 8.99. The molecule has 2 amide bonds. The fraction of sp³-hybridized carbons (Fsp3) is 0.105. The Morgan fingerprint density at radius 3 is 2.72 bits per heavy atom. The highest BCUT2D eigenvalue weighted by Gasteiger charge is 2.03. The summed E-state index contributed by atoms with van der Waals surface area (Å²) >= 11 is 0. The monoisotopic (exact) mass is 337 g/mol. The third-order valence-electron chi connectivity index (χ3n) is 3.24. The first-order valence-electron chi connectivity index (χ1n) is 7.54. The highest BCUT2D eigenvalue weighted by Crippen LogP contribution is 2.11. The van der Waals surface area contributed by atoms with Gasteiger partial charge in [-0.1, -0.05) is 30.3 Å². The maximum atomic E-state index is 13.5. The molecule has 2 N–H and O–H groups in total. The summed E-state index contributed by atoms with van der Waals surface area (Å²) < 4.78 is 13.5. The van der Waals surface area contributed by atoms with E-state index < -0.39 is 11.7 Å². The number of carbonyl (C=O) groups is 2. The van der Waals surface area contributed by atoms with Gasteiger partial charge < -0.3 is 10.6 Å². The van der Waals surface area contributed by atoms with Crippen molar-refractivity contribution >= 4 is 23.6 Å². The highest BCUT2D eigenvalue weighted by atomic mass is 19.1. The minimum Gasteiger partial charge on any atom is -0.348 e. The molecule has 0 spiro atoms. The van der Waals surface area contributed by atoms with Crippen LogP contribution in [0.2, 0.25) is 0 Å². The lowest BCUT2D eigenvalue weighted by molar-refractivity contribution is -0.117. The number of anilines is 1. The van der Waals surface area contributed by atoms with E-state index in [2.05, 4.69) is 10.6 Å². The van der Waals surface area contributed by atoms with Crippen LogP contribution in [-0.4, -0.2) is 11.8 Å². The molecular weight excluding hydrogens is 321 g/mol. The van der Waals surface area contributed by atoms with Gasteiger partial charge in [0.15, 0.2) is 0 Å². The van der Waals surface area contributed by atoms with Gasteiger partial charge in [0.2, 0.25) is 11.8 Å². The van der Waals surface area contributed by atoms with Crippen LogP contribution in [-0.2, 0) is 16.1 Å². The Bertz CT molecular complexity index is 841. The standard InChI is InChI=1S/C19H16FN3O2/c20-17-7-2-1-5-15(17)8-9-18(24)22-13-14-4-3-6-16(12-14)23-19(25)10-11-21/h1-9,12H,10,13H2,(H,22,24)(H,23,25)/b9-8+. The predicted octanol–water partition coefficient (Wildman–Crippen LogP) is 3.01. The molecule has 0 atom stereocenters. The smallest absolute Gasteiger partial charge is 0.244 e. The zero-order chi connectivity index (χ0) is 18.1. The molecule has 0 heterocycles. The lowest BCUT2D eigenvalue weighted by Crippen LogP contribution is -2.20. The van der Waals surface area contributed by atoms with E-state index in [1.807, 2.05) is 0 Å². The number of nitrogens with zero attached hydrogens (tertiary/aromatic N) is 1. The van der Waals surface area contributed by atoms with Crippen molar-refractivity contribution in [2.24, 2.45) is 0 Å². The second-order valence-corrected chi connectivity index (χ2v) is 5.16. The number of hydrogen-bond acceptors (Lipinski definition) is 3. The molecule has 25 heavy (non-hydrogen) atoms. The molecule has 2 aromatic carbocycles. The van der Waals surface area contributed by atoms with Crippen molar-refractivity contribution in [3.63, 3.8) is 0 Å². The maximum absolute atomic E-state index is 13.5. The van der Waals surface area contributed by atoms with Crippen LogP contribution in [0.5, 0.6) is 0 Å². The van der Waals surface area contributed by atoms with Gasteiger partial charge in [-0.2, -0.15) is 5.26 Å². The average Bonchev–Trinajstić information content (AvgIpc) is 2.60. The summed E-state index contributed by atoms with van der Waals surface area (Å²) in [5, 5.41) is 13.8. The van der Waals surface area contributed by atoms with E-state index in [0.717, 1.165) is 5.56 Å². The summed E-state index contributed by atoms with van der Waals surface area (Å²) in [6, 6.07) is 14.9. The molecule has 0 fully saturated rings. The molecule has 126 valence electrons. The van der Waals surface area contributed by atoms with Crippen LogP contribution in [0.25, 0.3) is 6.08 Å². The Balaban J connectivity index is 1.90. The van der Waals surface area contributed by atoms with Crippen LogP contribution in [0.4, 0.5) is 10.1 Å². The molecule has 0 bridgehead atoms. The molecule has 0 saturated carbocycles. The predicted molar refractivity (Wildman–Crippen MR) is 92.6 cm³/mol. The van der Waals surface area contributed by atoms with Gasteiger partial charge in [0.25, 0.3) is 0 Å². The average molecular weight is 337 g/mol. The first kappa shape index (κ1) is 17.9. The zero-order valence-electron chi connectivity index (χ0n) is 13.3. The number of halogens is 1. The van der Waals surface area contributed by atoms with Gasteiger partial charge >= 0.3 is 0 Å². The molecule has 5 nitrogen and oxygen atoms in total. The van der Waals surface area contributed by atoms with Crippen LogP contribution in [0.3, 0.4) is 0 Å². The Morgan fingerprint density at radius 1 is 1.16 bits per heavy atom. The van der Waals surface area contributed by atoms with E-state index in [0.29, 0.717) is 11.3 Å². The van der Waals surface area contributed by atoms with E-state index in [4.69, 9.17) is 5.26 Å². The van der Waals surface area contributed by atoms with E-state index in [9.17, 15) is 14.0 Å². The molecule has 6 heteroatoms. The summed E-state index contributed by atoms with van der Waals surface area (Å²) in [4.78, 5) is 23.2. The van der Waals surface area contributed by atoms with Gasteiger partial charge in [0.05, 0.1) is 6.07 Å². The van der Waals surface area contributed by atoms with Gasteiger partial charge in [-0.15, -0.1) is 0 Å². The van der Waals surface area contributed by atoms with Crippen molar-refractivity contribution in [3.05, 3.63) is 71.6 Å². The van der Waals surface area contributed by atoms with Gasteiger partial charge in [0, 0.05) is 23.9 Å². The number of carbonyl (C=O) groups excluding carboxylic acids is 2. The minimum absolute atomic E-state index is 0.220. The molecule has 0 saturated heterocycles. The van der Waals surface area contributed by atoms with E-state index >= 15 is 0 Å². The molecule has 2 rings (SSSR count). The molecule has 0 aromatic heterocycles. The van der Waals surface area contributed by atoms with E-state index in [1.54, 1.807) is 48.5 Å². The number of amides is 2. The third-order valence-corrected chi connectivity index (χ3v) is 3.24. The molecule has 0 aliphatic rings. The largest absolute Gasteiger partial charge is 0.348 e. The summed E-state index contributed by atoms with van der Waals surface area (Å²) in [5.41, 5.74) is 1.66. The summed E-state index contributed by atoms with van der Waals surface area (Å²) in [7, 11) is 0. The van der Waals surface area contributed by atoms with Crippen molar-refractivity contribution in [1.29, 1.82) is 5.26 Å². The fourth-order valence-electron chi connectivity index (χ4n) is 2.06. The zero-order valence-corrected chi connectivity index (χ0v) is 13.3. The topological polar surface area (TPSA) is 82.0 Å². The number of rotatable bonds is 6. The van der Waals surface area contributed by atoms with Crippen molar-refractivity contribution in [3.8, 4) is 6.07 Å². The molecule has 0 aliphatic heterocycles. The van der Waals surface area contributed by atoms with Crippen LogP contribution >= 0.6 is 0 Å². The summed E-state index contributed by atoms with van der Waals surface area (Å²) in [6.45, 7) is 0.252.